The van der Waals surface area contributed by atoms with Crippen LogP contribution in [0.1, 0.15) is 18.4 Å². The van der Waals surface area contributed by atoms with Gasteiger partial charge in [0.25, 0.3) is 0 Å². The Morgan fingerprint density at radius 1 is 1.19 bits per heavy atom. The maximum atomic E-state index is 12.8. The largest absolute Gasteiger partial charge is 0.350 e. The molecule has 1 heterocycles. The number of hydrogen-bond acceptors (Lipinski definition) is 2. The van der Waals surface area contributed by atoms with Gasteiger partial charge in [-0.15, -0.1) is 11.6 Å². The molecule has 5 heteroatoms. The molecule has 0 aliphatic heterocycles. The third-order valence-electron chi connectivity index (χ3n) is 4.53. The van der Waals surface area contributed by atoms with E-state index >= 15 is 0 Å². The fourth-order valence-electron chi connectivity index (χ4n) is 3.23. The summed E-state index contributed by atoms with van der Waals surface area (Å²) in [6, 6.07) is 8.17. The summed E-state index contributed by atoms with van der Waals surface area (Å²) in [6.07, 6.45) is 10.5. The number of rotatable bonds is 6. The van der Waals surface area contributed by atoms with Gasteiger partial charge in [0.1, 0.15) is 5.78 Å². The molecule has 0 radical (unpaired) electrons. The number of fused-ring (bicyclic) bond motifs is 1. The highest BCUT2D eigenvalue weighted by atomic mass is 35.5. The van der Waals surface area contributed by atoms with E-state index < -0.39 is 5.92 Å². The highest BCUT2D eigenvalue weighted by Crippen LogP contribution is 2.23. The van der Waals surface area contributed by atoms with Crippen molar-refractivity contribution >= 4 is 39.9 Å². The summed E-state index contributed by atoms with van der Waals surface area (Å²) in [6.45, 7) is 0. The van der Waals surface area contributed by atoms with Crippen LogP contribution in [0.3, 0.4) is 0 Å². The van der Waals surface area contributed by atoms with Gasteiger partial charge in [-0.1, -0.05) is 36.4 Å². The van der Waals surface area contributed by atoms with Gasteiger partial charge in [-0.2, -0.15) is 0 Å². The van der Waals surface area contributed by atoms with E-state index in [1.165, 1.54) is 5.39 Å². The van der Waals surface area contributed by atoms with Crippen LogP contribution in [0.2, 0.25) is 0 Å². The standard InChI is InChI=1S/C21H21ClN2O2/c1-24-14-15(16-6-3-5-9-19(16)24)10-11-20(25)17-7-2-4-8-18(17)23-21(26)12-13-22/h2-9,14,17H,10-13H2,1H3/t17-/m1/s1. The lowest BCUT2D eigenvalue weighted by Gasteiger charge is -2.14. The number of hydrogen-bond donors (Lipinski definition) is 0. The first-order valence-electron chi connectivity index (χ1n) is 8.68. The fourth-order valence-corrected chi connectivity index (χ4v) is 3.39. The zero-order chi connectivity index (χ0) is 18.5. The first-order valence-corrected chi connectivity index (χ1v) is 9.21. The lowest BCUT2D eigenvalue weighted by Crippen LogP contribution is -2.23. The Hall–Kier alpha value is -2.46. The molecule has 1 aliphatic carbocycles. The zero-order valence-corrected chi connectivity index (χ0v) is 15.4. The molecule has 26 heavy (non-hydrogen) atoms. The number of carbonyl (C=O) groups excluding carboxylic acids is 2. The predicted octanol–water partition coefficient (Wildman–Crippen LogP) is 4.02. The number of Topliss-reactive ketones (excluding diaryl/α,β-unsaturated/α-hetero) is 1. The first-order chi connectivity index (χ1) is 12.6. The topological polar surface area (TPSA) is 51.4 Å². The second-order valence-electron chi connectivity index (χ2n) is 6.34. The maximum Gasteiger partial charge on any atom is 0.247 e. The Morgan fingerprint density at radius 2 is 2.00 bits per heavy atom. The van der Waals surface area contributed by atoms with Gasteiger partial charge in [0.15, 0.2) is 0 Å². The van der Waals surface area contributed by atoms with Crippen molar-refractivity contribution in [2.24, 2.45) is 18.0 Å². The summed E-state index contributed by atoms with van der Waals surface area (Å²) in [5.74, 6) is -0.457. The lowest BCUT2D eigenvalue weighted by atomic mass is 9.90. The monoisotopic (exact) mass is 368 g/mol. The maximum absolute atomic E-state index is 12.8. The number of aryl methyl sites for hydroxylation is 2. The molecule has 134 valence electrons. The number of halogens is 1. The van der Waals surface area contributed by atoms with Crippen molar-refractivity contribution in [2.75, 3.05) is 5.88 Å². The average Bonchev–Trinajstić information content (AvgIpc) is 2.97. The van der Waals surface area contributed by atoms with Gasteiger partial charge in [0.2, 0.25) is 5.91 Å². The summed E-state index contributed by atoms with van der Waals surface area (Å²) in [5, 5.41) is 1.17. The number of allylic oxidation sites excluding steroid dienone is 4. The second kappa shape index (κ2) is 8.28. The van der Waals surface area contributed by atoms with Crippen LogP contribution < -0.4 is 0 Å². The Bertz CT molecular complexity index is 921. The fraction of sp³-hybridized carbons (Fsp3) is 0.286. The number of nitrogens with zero attached hydrogens (tertiary/aromatic N) is 2. The predicted molar refractivity (Wildman–Crippen MR) is 106 cm³/mol. The van der Waals surface area contributed by atoms with Gasteiger partial charge in [0.05, 0.1) is 11.6 Å². The van der Waals surface area contributed by atoms with Crippen LogP contribution >= 0.6 is 11.6 Å². The number of alkyl halides is 1. The van der Waals surface area contributed by atoms with Crippen LogP contribution in [0.5, 0.6) is 0 Å². The van der Waals surface area contributed by atoms with Crippen LogP contribution in [0.25, 0.3) is 10.9 Å². The van der Waals surface area contributed by atoms with E-state index in [1.807, 2.05) is 25.3 Å². The Labute approximate surface area is 157 Å². The van der Waals surface area contributed by atoms with E-state index in [2.05, 4.69) is 27.9 Å². The normalized spacial score (nSPS) is 17.9. The van der Waals surface area contributed by atoms with Crippen molar-refractivity contribution in [3.05, 3.63) is 60.3 Å². The Kier molecular flexibility index (Phi) is 5.84. The summed E-state index contributed by atoms with van der Waals surface area (Å²) in [5.41, 5.74) is 2.82. The number of carbonyl (C=O) groups is 2. The molecule has 1 aliphatic rings. The minimum Gasteiger partial charge on any atom is -0.350 e. The highest BCUT2D eigenvalue weighted by molar-refractivity contribution is 6.20. The van der Waals surface area contributed by atoms with E-state index in [-0.39, 0.29) is 24.0 Å². The van der Waals surface area contributed by atoms with Gasteiger partial charge in [0, 0.05) is 42.9 Å². The zero-order valence-electron chi connectivity index (χ0n) is 14.7. The SMILES string of the molecule is Cn1cc(CCC(=O)[C@@H]2C=CC=CC2=NC(=O)CCCl)c2ccccc21. The molecule has 0 N–H and O–H groups in total. The van der Waals surface area contributed by atoms with Gasteiger partial charge < -0.3 is 4.57 Å². The van der Waals surface area contributed by atoms with Crippen LogP contribution in [-0.2, 0) is 23.1 Å². The van der Waals surface area contributed by atoms with Gasteiger partial charge in [-0.3, -0.25) is 9.59 Å². The molecule has 2 aromatic rings. The minimum atomic E-state index is -0.464. The van der Waals surface area contributed by atoms with Gasteiger partial charge in [-0.05, 0) is 24.1 Å². The molecule has 1 amide bonds. The lowest BCUT2D eigenvalue weighted by molar-refractivity contribution is -0.119. The molecule has 1 aromatic carbocycles. The van der Waals surface area contributed by atoms with Crippen molar-refractivity contribution < 1.29 is 9.59 Å². The summed E-state index contributed by atoms with van der Waals surface area (Å²) < 4.78 is 2.08. The third kappa shape index (κ3) is 4.02. The number of benzene rings is 1. The third-order valence-corrected chi connectivity index (χ3v) is 4.72. The van der Waals surface area contributed by atoms with Crippen molar-refractivity contribution in [1.82, 2.24) is 4.57 Å². The number of aromatic nitrogens is 1. The van der Waals surface area contributed by atoms with Gasteiger partial charge >= 0.3 is 0 Å². The molecular weight excluding hydrogens is 348 g/mol. The summed E-state index contributed by atoms with van der Waals surface area (Å²) >= 11 is 5.59. The second-order valence-corrected chi connectivity index (χ2v) is 6.72. The number of amides is 1. The van der Waals surface area contributed by atoms with Crippen LogP contribution in [-0.4, -0.2) is 27.8 Å². The molecule has 0 saturated heterocycles. The van der Waals surface area contributed by atoms with Crippen molar-refractivity contribution in [2.45, 2.75) is 19.3 Å². The van der Waals surface area contributed by atoms with Crippen molar-refractivity contribution in [3.8, 4) is 0 Å². The van der Waals surface area contributed by atoms with Crippen LogP contribution in [0, 0.1) is 5.92 Å². The van der Waals surface area contributed by atoms with E-state index in [0.717, 1.165) is 11.1 Å². The molecule has 1 aromatic heterocycles. The van der Waals surface area contributed by atoms with E-state index in [0.29, 0.717) is 18.6 Å². The molecule has 0 spiro atoms. The summed E-state index contributed by atoms with van der Waals surface area (Å²) in [7, 11) is 2.01. The van der Waals surface area contributed by atoms with Gasteiger partial charge in [-0.25, -0.2) is 4.99 Å². The smallest absolute Gasteiger partial charge is 0.247 e. The number of aliphatic imine (C=N–C) groups is 1. The molecular formula is C21H21ClN2O2. The molecule has 0 unspecified atom stereocenters. The van der Waals surface area contributed by atoms with E-state index in [9.17, 15) is 9.59 Å². The highest BCUT2D eigenvalue weighted by Gasteiger charge is 2.22. The quantitative estimate of drug-likeness (QED) is 0.723. The molecule has 0 saturated carbocycles. The Balaban J connectivity index is 1.73. The Morgan fingerprint density at radius 3 is 2.81 bits per heavy atom. The molecule has 0 bridgehead atoms. The molecule has 1 atom stereocenters. The van der Waals surface area contributed by atoms with Crippen LogP contribution in [0.15, 0.2) is 59.8 Å². The molecule has 3 rings (SSSR count). The first kappa shape index (κ1) is 18.3. The number of para-hydroxylation sites is 1. The summed E-state index contributed by atoms with van der Waals surface area (Å²) in [4.78, 5) is 28.6. The van der Waals surface area contributed by atoms with E-state index in [1.54, 1.807) is 18.2 Å². The van der Waals surface area contributed by atoms with Crippen molar-refractivity contribution in [1.29, 1.82) is 0 Å². The minimum absolute atomic E-state index is 0.0657. The average molecular weight is 369 g/mol. The van der Waals surface area contributed by atoms with E-state index in [4.69, 9.17) is 11.6 Å². The van der Waals surface area contributed by atoms with Crippen LogP contribution in [0.4, 0.5) is 0 Å². The molecule has 4 nitrogen and oxygen atoms in total. The number of ketones is 1. The van der Waals surface area contributed by atoms with Crippen molar-refractivity contribution in [3.63, 3.8) is 0 Å². The molecule has 0 fully saturated rings.